The first-order chi connectivity index (χ1) is 20.8. The molecule has 11 nitrogen and oxygen atoms in total. The Bertz CT molecular complexity index is 1670. The van der Waals surface area contributed by atoms with Crippen molar-refractivity contribution in [1.82, 2.24) is 29.5 Å². The molecular weight excluding hydrogens is 553 g/mol. The summed E-state index contributed by atoms with van der Waals surface area (Å²) in [6.45, 7) is 5.16. The molecule has 2 aliphatic rings. The Morgan fingerprint density at radius 2 is 1.91 bits per heavy atom. The van der Waals surface area contributed by atoms with Gasteiger partial charge in [0.1, 0.15) is 0 Å². The molecule has 0 bridgehead atoms. The topological polar surface area (TPSA) is 124 Å². The van der Waals surface area contributed by atoms with Gasteiger partial charge in [-0.15, -0.1) is 0 Å². The summed E-state index contributed by atoms with van der Waals surface area (Å²) in [5.41, 5.74) is 3.89. The summed E-state index contributed by atoms with van der Waals surface area (Å²) >= 11 is 0. The number of nitrogens with one attached hydrogen (secondary N) is 2. The summed E-state index contributed by atoms with van der Waals surface area (Å²) in [4.78, 5) is 38.8. The number of aromatic nitrogens is 3. The number of anilines is 2. The van der Waals surface area contributed by atoms with Gasteiger partial charge in [0, 0.05) is 68.5 Å². The molecule has 0 spiro atoms. The van der Waals surface area contributed by atoms with Gasteiger partial charge < -0.3 is 30.3 Å². The third-order valence-corrected chi connectivity index (χ3v) is 8.21. The quantitative estimate of drug-likeness (QED) is 0.315. The van der Waals surface area contributed by atoms with E-state index in [1.54, 1.807) is 52.7 Å². The number of nitrogens with zero attached hydrogens (tertiary/aromatic N) is 5. The van der Waals surface area contributed by atoms with Crippen LogP contribution in [0.1, 0.15) is 22.3 Å². The van der Waals surface area contributed by atoms with E-state index in [1.807, 2.05) is 17.4 Å². The van der Waals surface area contributed by atoms with Crippen molar-refractivity contribution in [2.24, 2.45) is 5.92 Å². The number of fused-ring (bicyclic) bond motifs is 1. The van der Waals surface area contributed by atoms with Crippen LogP contribution in [0.3, 0.4) is 0 Å². The number of hydrogen-bond acceptors (Lipinski definition) is 8. The van der Waals surface area contributed by atoms with E-state index in [-0.39, 0.29) is 24.1 Å². The summed E-state index contributed by atoms with van der Waals surface area (Å²) in [5, 5.41) is 17.3. The molecule has 6 rings (SSSR count). The lowest BCUT2D eigenvalue weighted by Crippen LogP contribution is -2.55. The van der Waals surface area contributed by atoms with Crippen LogP contribution in [-0.2, 0) is 4.79 Å². The van der Waals surface area contributed by atoms with Crippen LogP contribution in [0.5, 0.6) is 5.75 Å². The largest absolute Gasteiger partial charge is 0.494 e. The minimum Gasteiger partial charge on any atom is -0.494 e. The van der Waals surface area contributed by atoms with E-state index in [4.69, 9.17) is 4.74 Å². The number of ether oxygens (including phenoxy) is 1. The number of benzene rings is 2. The van der Waals surface area contributed by atoms with Gasteiger partial charge in [0.25, 0.3) is 5.91 Å². The highest BCUT2D eigenvalue weighted by Crippen LogP contribution is 2.29. The number of halogens is 1. The van der Waals surface area contributed by atoms with Gasteiger partial charge in [-0.25, -0.2) is 14.4 Å². The molecule has 2 aliphatic heterocycles. The second kappa shape index (κ2) is 12.0. The molecule has 12 heteroatoms. The Kier molecular flexibility index (Phi) is 7.96. The summed E-state index contributed by atoms with van der Waals surface area (Å²) in [7, 11) is 1.42. The summed E-state index contributed by atoms with van der Waals surface area (Å²) < 4.78 is 21.2. The van der Waals surface area contributed by atoms with Crippen LogP contribution in [0, 0.1) is 18.7 Å². The highest BCUT2D eigenvalue weighted by Gasteiger charge is 2.37. The van der Waals surface area contributed by atoms with Crippen molar-refractivity contribution in [3.05, 3.63) is 71.9 Å². The molecule has 2 saturated heterocycles. The fourth-order valence-electron chi connectivity index (χ4n) is 5.86. The van der Waals surface area contributed by atoms with E-state index in [0.717, 1.165) is 24.3 Å². The number of methoxy groups -OCH3 is 1. The van der Waals surface area contributed by atoms with Crippen LogP contribution in [-0.4, -0.2) is 93.6 Å². The highest BCUT2D eigenvalue weighted by molar-refractivity contribution is 5.96. The number of piperazine rings is 1. The standard InChI is InChI=1S/C31H34FN7O4/c1-19-15-21(36-28-29-35-17-25(39(29)14-10-34-28)20-3-6-27(43-2)24(32)16-20)4-5-22(19)30(41)38-11-7-23(26(40)18-38)31(42)37-12-8-33-9-13-37/h3-6,10,14-17,23,26,33,40H,7-9,11-13,18H2,1-2H3,(H,34,36)/t23-,26-/m1/s1. The van der Waals surface area contributed by atoms with E-state index in [9.17, 15) is 19.1 Å². The molecule has 224 valence electrons. The number of carbonyl (C=O) groups excluding carboxylic acids is 2. The molecule has 2 amide bonds. The summed E-state index contributed by atoms with van der Waals surface area (Å²) in [6.07, 6.45) is 4.58. The van der Waals surface area contributed by atoms with Gasteiger partial charge >= 0.3 is 0 Å². The van der Waals surface area contributed by atoms with Crippen molar-refractivity contribution >= 4 is 29.0 Å². The molecule has 0 radical (unpaired) electrons. The molecule has 3 N–H and O–H groups in total. The molecule has 4 aromatic rings. The van der Waals surface area contributed by atoms with Crippen LogP contribution in [0.2, 0.25) is 0 Å². The summed E-state index contributed by atoms with van der Waals surface area (Å²) in [6, 6.07) is 10.2. The minimum atomic E-state index is -0.901. The molecule has 43 heavy (non-hydrogen) atoms. The fourth-order valence-corrected chi connectivity index (χ4v) is 5.86. The number of imidazole rings is 1. The number of amides is 2. The number of aryl methyl sites for hydroxylation is 1. The van der Waals surface area contributed by atoms with E-state index >= 15 is 0 Å². The number of β-amino-alcohol motifs (C(OH)–C–C–N with tert-alkyl or cyclic N) is 1. The smallest absolute Gasteiger partial charge is 0.254 e. The molecule has 2 aromatic carbocycles. The van der Waals surface area contributed by atoms with E-state index < -0.39 is 17.8 Å². The van der Waals surface area contributed by atoms with Crippen molar-refractivity contribution in [1.29, 1.82) is 0 Å². The molecule has 0 saturated carbocycles. The maximum Gasteiger partial charge on any atom is 0.254 e. The third-order valence-electron chi connectivity index (χ3n) is 8.21. The second-order valence-corrected chi connectivity index (χ2v) is 10.9. The number of aliphatic hydroxyl groups excluding tert-OH is 1. The van der Waals surface area contributed by atoms with Crippen LogP contribution in [0.25, 0.3) is 16.9 Å². The zero-order chi connectivity index (χ0) is 30.1. The maximum atomic E-state index is 14.4. The number of carbonyl (C=O) groups is 2. The number of rotatable bonds is 6. The lowest BCUT2D eigenvalue weighted by Gasteiger charge is -2.38. The molecule has 2 aromatic heterocycles. The van der Waals surface area contributed by atoms with Crippen molar-refractivity contribution in [3.8, 4) is 17.0 Å². The van der Waals surface area contributed by atoms with Gasteiger partial charge in [-0.1, -0.05) is 0 Å². The average Bonchev–Trinajstić information content (AvgIpc) is 3.46. The first-order valence-corrected chi connectivity index (χ1v) is 14.3. The van der Waals surface area contributed by atoms with Crippen LogP contribution >= 0.6 is 0 Å². The predicted octanol–water partition coefficient (Wildman–Crippen LogP) is 2.85. The Morgan fingerprint density at radius 3 is 2.63 bits per heavy atom. The van der Waals surface area contributed by atoms with Gasteiger partial charge in [-0.3, -0.25) is 14.0 Å². The number of hydrogen-bond donors (Lipinski definition) is 3. The lowest BCUT2D eigenvalue weighted by molar-refractivity contribution is -0.142. The van der Waals surface area contributed by atoms with Gasteiger partial charge in [0.15, 0.2) is 23.0 Å². The van der Waals surface area contributed by atoms with Gasteiger partial charge in [-0.05, 0) is 55.3 Å². The zero-order valence-corrected chi connectivity index (χ0v) is 24.1. The predicted molar refractivity (Wildman–Crippen MR) is 159 cm³/mol. The molecule has 4 heterocycles. The Hall–Kier alpha value is -4.55. The number of piperidine rings is 1. The fraction of sp³-hybridized carbons (Fsp3) is 0.355. The van der Waals surface area contributed by atoms with Crippen molar-refractivity contribution in [2.45, 2.75) is 19.4 Å². The Balaban J connectivity index is 1.15. The number of likely N-dealkylation sites (tertiary alicyclic amines) is 1. The molecule has 2 fully saturated rings. The molecule has 0 unspecified atom stereocenters. The zero-order valence-electron chi connectivity index (χ0n) is 24.1. The van der Waals surface area contributed by atoms with E-state index in [2.05, 4.69) is 20.6 Å². The molecular formula is C31H34FN7O4. The van der Waals surface area contributed by atoms with Crippen LogP contribution < -0.4 is 15.4 Å². The van der Waals surface area contributed by atoms with E-state index in [0.29, 0.717) is 54.3 Å². The Morgan fingerprint density at radius 1 is 1.09 bits per heavy atom. The SMILES string of the molecule is COc1ccc(-c2cnc3c(Nc4ccc(C(=O)N5CC[C@@H](C(=O)N6CCNCC6)[C@H](O)C5)c(C)c4)nccn23)cc1F. The second-order valence-electron chi connectivity index (χ2n) is 10.9. The number of aliphatic hydroxyl groups is 1. The van der Waals surface area contributed by atoms with Crippen molar-refractivity contribution < 1.29 is 23.8 Å². The van der Waals surface area contributed by atoms with Crippen LogP contribution in [0.15, 0.2) is 55.0 Å². The van der Waals surface area contributed by atoms with Gasteiger partial charge in [0.2, 0.25) is 5.91 Å². The molecule has 0 aliphatic carbocycles. The van der Waals surface area contributed by atoms with Crippen molar-refractivity contribution in [3.63, 3.8) is 0 Å². The first-order valence-electron chi connectivity index (χ1n) is 14.3. The third kappa shape index (κ3) is 5.63. The van der Waals surface area contributed by atoms with Crippen LogP contribution in [0.4, 0.5) is 15.9 Å². The Labute approximate surface area is 248 Å². The molecule has 2 atom stereocenters. The summed E-state index contributed by atoms with van der Waals surface area (Å²) in [5.74, 6) is -0.494. The monoisotopic (exact) mass is 587 g/mol. The lowest BCUT2D eigenvalue weighted by atomic mass is 9.91. The van der Waals surface area contributed by atoms with Gasteiger partial charge in [0.05, 0.1) is 31.0 Å². The maximum absolute atomic E-state index is 14.4. The minimum absolute atomic E-state index is 0.0305. The normalized spacial score (nSPS) is 19.0. The average molecular weight is 588 g/mol. The van der Waals surface area contributed by atoms with E-state index in [1.165, 1.54) is 13.2 Å². The van der Waals surface area contributed by atoms with Gasteiger partial charge in [-0.2, -0.15) is 0 Å². The first kappa shape index (κ1) is 28.6. The van der Waals surface area contributed by atoms with Crippen molar-refractivity contribution in [2.75, 3.05) is 51.7 Å². The highest BCUT2D eigenvalue weighted by atomic mass is 19.1.